The number of carbonyl (C=O) groups is 3. The predicted molar refractivity (Wildman–Crippen MR) is 105 cm³/mol. The summed E-state index contributed by atoms with van der Waals surface area (Å²) in [6, 6.07) is 7.37. The van der Waals surface area contributed by atoms with Crippen LogP contribution in [0, 0.1) is 0 Å². The summed E-state index contributed by atoms with van der Waals surface area (Å²) in [6.07, 6.45) is 0.408. The minimum absolute atomic E-state index is 0.144. The summed E-state index contributed by atoms with van der Waals surface area (Å²) < 4.78 is 14.5. The molecule has 0 spiro atoms. The van der Waals surface area contributed by atoms with E-state index in [1.54, 1.807) is 42.7 Å². The fraction of sp³-hybridized carbons (Fsp3) is 0.421. The van der Waals surface area contributed by atoms with Crippen molar-refractivity contribution in [1.29, 1.82) is 0 Å². The van der Waals surface area contributed by atoms with E-state index in [1.165, 1.54) is 11.3 Å². The second-order valence-corrected chi connectivity index (χ2v) is 7.03. The van der Waals surface area contributed by atoms with Gasteiger partial charge in [0.25, 0.3) is 0 Å². The summed E-state index contributed by atoms with van der Waals surface area (Å²) in [4.78, 5) is 35.9. The van der Waals surface area contributed by atoms with E-state index in [-0.39, 0.29) is 19.2 Å². The average molecular weight is 413 g/mol. The molecule has 0 unspecified atom stereocenters. The summed E-state index contributed by atoms with van der Waals surface area (Å²) in [6.45, 7) is 6.18. The van der Waals surface area contributed by atoms with Crippen LogP contribution in [0.2, 0.25) is 0 Å². The number of rotatable bonds is 8. The van der Waals surface area contributed by atoms with E-state index < -0.39 is 17.9 Å². The Morgan fingerprint density at radius 3 is 1.85 bits per heavy atom. The predicted octanol–water partition coefficient (Wildman–Crippen LogP) is 3.81. The van der Waals surface area contributed by atoms with Crippen molar-refractivity contribution in [2.45, 2.75) is 33.1 Å². The molecule has 0 saturated heterocycles. The lowest BCUT2D eigenvalue weighted by molar-refractivity contribution is -0.156. The van der Waals surface area contributed by atoms with Crippen molar-refractivity contribution in [2.75, 3.05) is 19.8 Å². The van der Waals surface area contributed by atoms with Crippen molar-refractivity contribution in [3.63, 3.8) is 0 Å². The van der Waals surface area contributed by atoms with Crippen LogP contribution in [0.1, 0.15) is 36.4 Å². The molecule has 0 aromatic carbocycles. The Hall–Kier alpha value is -2.19. The topological polar surface area (TPSA) is 78.9 Å². The van der Waals surface area contributed by atoms with Gasteiger partial charge in [0.05, 0.1) is 26.2 Å². The highest BCUT2D eigenvalue weighted by Gasteiger charge is 2.32. The molecule has 0 saturated carbocycles. The Kier molecular flexibility index (Phi) is 11.0. The van der Waals surface area contributed by atoms with Gasteiger partial charge in [-0.05, 0) is 43.7 Å². The minimum atomic E-state index is -0.945. The largest absolute Gasteiger partial charge is 0.466 e. The number of hydrogen-bond acceptors (Lipinski definition) is 8. The summed E-state index contributed by atoms with van der Waals surface area (Å²) in [7, 11) is 0. The highest BCUT2D eigenvalue weighted by atomic mass is 32.1. The lowest BCUT2D eigenvalue weighted by atomic mass is 10.1. The van der Waals surface area contributed by atoms with Gasteiger partial charge in [-0.2, -0.15) is 0 Å². The molecule has 8 heteroatoms. The van der Waals surface area contributed by atoms with Crippen LogP contribution in [0.25, 0.3) is 0 Å². The molecule has 0 N–H and O–H groups in total. The van der Waals surface area contributed by atoms with Crippen LogP contribution in [-0.4, -0.2) is 37.7 Å². The second-order valence-electron chi connectivity index (χ2n) is 5.01. The van der Waals surface area contributed by atoms with Gasteiger partial charge in [-0.1, -0.05) is 12.1 Å². The van der Waals surface area contributed by atoms with Gasteiger partial charge in [-0.3, -0.25) is 14.4 Å². The van der Waals surface area contributed by atoms with Crippen LogP contribution >= 0.6 is 22.7 Å². The van der Waals surface area contributed by atoms with E-state index in [1.807, 2.05) is 24.4 Å². The summed E-state index contributed by atoms with van der Waals surface area (Å²) in [5.74, 6) is -2.19. The number of ether oxygens (including phenoxy) is 3. The van der Waals surface area contributed by atoms with Crippen molar-refractivity contribution in [2.24, 2.45) is 0 Å². The monoisotopic (exact) mass is 412 g/mol. The van der Waals surface area contributed by atoms with Crippen molar-refractivity contribution in [3.05, 3.63) is 44.8 Å². The van der Waals surface area contributed by atoms with Gasteiger partial charge >= 0.3 is 17.9 Å². The average Bonchev–Trinajstić information content (AvgIpc) is 3.30. The highest BCUT2D eigenvalue weighted by molar-refractivity contribution is 7.10. The zero-order valence-corrected chi connectivity index (χ0v) is 17.3. The number of hydrogen-bond donors (Lipinski definition) is 0. The minimum Gasteiger partial charge on any atom is -0.466 e. The Morgan fingerprint density at radius 2 is 1.41 bits per heavy atom. The van der Waals surface area contributed by atoms with Crippen LogP contribution in [-0.2, 0) is 35.0 Å². The third-order valence-electron chi connectivity index (χ3n) is 3.08. The van der Waals surface area contributed by atoms with E-state index in [2.05, 4.69) is 0 Å². The van der Waals surface area contributed by atoms with Gasteiger partial charge in [-0.15, -0.1) is 22.7 Å². The molecule has 0 aliphatic rings. The van der Waals surface area contributed by atoms with Gasteiger partial charge in [-0.25, -0.2) is 0 Å². The Bertz CT molecular complexity index is 661. The van der Waals surface area contributed by atoms with Gasteiger partial charge in [0, 0.05) is 9.75 Å². The smallest absolute Gasteiger partial charge is 0.325 e. The van der Waals surface area contributed by atoms with Crippen molar-refractivity contribution < 1.29 is 28.6 Å². The van der Waals surface area contributed by atoms with Crippen LogP contribution < -0.4 is 0 Å². The van der Waals surface area contributed by atoms with Crippen LogP contribution in [0.4, 0.5) is 0 Å². The lowest BCUT2D eigenvalue weighted by Crippen LogP contribution is -2.25. The summed E-state index contributed by atoms with van der Waals surface area (Å²) in [5, 5.41) is 3.76. The van der Waals surface area contributed by atoms with E-state index in [9.17, 15) is 14.4 Å². The maximum absolute atomic E-state index is 11.6. The van der Waals surface area contributed by atoms with Crippen molar-refractivity contribution >= 4 is 40.6 Å². The van der Waals surface area contributed by atoms with E-state index in [0.717, 1.165) is 4.88 Å². The molecule has 6 nitrogen and oxygen atoms in total. The molecule has 2 heterocycles. The molecule has 0 radical (unpaired) electrons. The first-order chi connectivity index (χ1) is 13.0. The maximum Gasteiger partial charge on any atom is 0.325 e. The molecule has 0 fully saturated rings. The van der Waals surface area contributed by atoms with Gasteiger partial charge in [0.15, 0.2) is 5.92 Å². The molecule has 148 valence electrons. The maximum atomic E-state index is 11.6. The van der Waals surface area contributed by atoms with Crippen LogP contribution in [0.5, 0.6) is 0 Å². The fourth-order valence-electron chi connectivity index (χ4n) is 2.00. The van der Waals surface area contributed by atoms with Crippen molar-refractivity contribution in [1.82, 2.24) is 0 Å². The fourth-order valence-corrected chi connectivity index (χ4v) is 3.49. The summed E-state index contributed by atoms with van der Waals surface area (Å²) >= 11 is 2.91. The van der Waals surface area contributed by atoms with Crippen LogP contribution in [0.3, 0.4) is 0 Å². The number of carbonyl (C=O) groups excluding carboxylic acids is 3. The van der Waals surface area contributed by atoms with Gasteiger partial charge < -0.3 is 14.2 Å². The van der Waals surface area contributed by atoms with E-state index >= 15 is 0 Å². The molecule has 0 amide bonds. The first-order valence-corrected chi connectivity index (χ1v) is 10.3. The molecule has 0 aliphatic heterocycles. The molecule has 2 aromatic heterocycles. The van der Waals surface area contributed by atoms with Gasteiger partial charge in [0.1, 0.15) is 0 Å². The molecule has 2 aromatic rings. The van der Waals surface area contributed by atoms with Crippen molar-refractivity contribution in [3.8, 4) is 0 Å². The second kappa shape index (κ2) is 13.1. The normalized spacial score (nSPS) is 9.93. The third-order valence-corrected chi connectivity index (χ3v) is 4.89. The SMILES string of the molecule is CCOC(=O)C(C(=O)OCC)c1cccs1.CCOC(=O)Cc1cccs1. The summed E-state index contributed by atoms with van der Waals surface area (Å²) in [5.41, 5.74) is 0. The molecule has 27 heavy (non-hydrogen) atoms. The third kappa shape index (κ3) is 8.36. The Labute approximate surface area is 167 Å². The Morgan fingerprint density at radius 1 is 0.852 bits per heavy atom. The number of thiophene rings is 2. The molecule has 0 atom stereocenters. The zero-order valence-electron chi connectivity index (χ0n) is 15.6. The molecular formula is C19H24O6S2. The lowest BCUT2D eigenvalue weighted by Gasteiger charge is -2.12. The molecule has 0 aliphatic carbocycles. The van der Waals surface area contributed by atoms with Gasteiger partial charge in [0.2, 0.25) is 0 Å². The first-order valence-electron chi connectivity index (χ1n) is 8.58. The quantitative estimate of drug-likeness (QED) is 0.373. The molecule has 0 bridgehead atoms. The zero-order chi connectivity index (χ0) is 20.1. The standard InChI is InChI=1S/C11H14O4S.C8H10O2S/c1-3-14-10(12)9(11(13)15-4-2)8-6-5-7-16-8;1-2-10-8(9)6-7-4-3-5-11-7/h5-7,9H,3-4H2,1-2H3;3-5H,2,6H2,1H3. The molecule has 2 rings (SSSR count). The van der Waals surface area contributed by atoms with Crippen LogP contribution in [0.15, 0.2) is 35.0 Å². The Balaban J connectivity index is 0.000000289. The van der Waals surface area contributed by atoms with E-state index in [0.29, 0.717) is 17.9 Å². The highest BCUT2D eigenvalue weighted by Crippen LogP contribution is 2.24. The first kappa shape index (κ1) is 22.9. The molecular weight excluding hydrogens is 388 g/mol. The number of esters is 3. The van der Waals surface area contributed by atoms with E-state index in [4.69, 9.17) is 14.2 Å².